The van der Waals surface area contributed by atoms with Crippen molar-refractivity contribution in [1.29, 1.82) is 0 Å². The second kappa shape index (κ2) is 4.63. The molecule has 20 heavy (non-hydrogen) atoms. The maximum absolute atomic E-state index is 6.28. The summed E-state index contributed by atoms with van der Waals surface area (Å²) in [5.41, 5.74) is 14.8. The van der Waals surface area contributed by atoms with Crippen LogP contribution in [-0.4, -0.2) is 9.97 Å². The molecule has 4 nitrogen and oxygen atoms in total. The Hall–Kier alpha value is -2.36. The van der Waals surface area contributed by atoms with Gasteiger partial charge < -0.3 is 11.5 Å². The lowest BCUT2D eigenvalue weighted by atomic mass is 9.72. The molecule has 1 heterocycles. The van der Waals surface area contributed by atoms with E-state index in [1.165, 1.54) is 6.33 Å². The standard InChI is InChI=1S/C16H18N4/c1-2-16(6-4-3-5-7-16)12-9-14-11(8-13(12)17)15(18)20-10-19-14/h3-6,8-10H,2,7,17H2,1H3,(H2,18,19,20). The number of aromatic nitrogens is 2. The number of rotatable bonds is 2. The number of nitrogens with zero attached hydrogens (tertiary/aromatic N) is 2. The van der Waals surface area contributed by atoms with Crippen molar-refractivity contribution in [2.24, 2.45) is 0 Å². The highest BCUT2D eigenvalue weighted by Crippen LogP contribution is 2.40. The van der Waals surface area contributed by atoms with Gasteiger partial charge in [0, 0.05) is 16.5 Å². The number of fused-ring (bicyclic) bond motifs is 1. The molecule has 1 aromatic carbocycles. The Morgan fingerprint density at radius 3 is 2.75 bits per heavy atom. The van der Waals surface area contributed by atoms with Crippen LogP contribution in [0.25, 0.3) is 10.9 Å². The molecule has 0 fully saturated rings. The fraction of sp³-hybridized carbons (Fsp3) is 0.250. The van der Waals surface area contributed by atoms with E-state index in [2.05, 4.69) is 47.3 Å². The van der Waals surface area contributed by atoms with E-state index in [4.69, 9.17) is 11.5 Å². The number of allylic oxidation sites excluding steroid dienone is 4. The maximum Gasteiger partial charge on any atom is 0.134 e. The second-order valence-electron chi connectivity index (χ2n) is 5.22. The number of hydrogen-bond donors (Lipinski definition) is 2. The fourth-order valence-electron chi connectivity index (χ4n) is 2.89. The van der Waals surface area contributed by atoms with Crippen LogP contribution in [0.1, 0.15) is 25.3 Å². The summed E-state index contributed by atoms with van der Waals surface area (Å²) in [6.07, 6.45) is 12.0. The van der Waals surface area contributed by atoms with E-state index in [9.17, 15) is 0 Å². The number of hydrogen-bond acceptors (Lipinski definition) is 4. The molecule has 0 saturated heterocycles. The van der Waals surface area contributed by atoms with E-state index in [1.807, 2.05) is 6.07 Å². The quantitative estimate of drug-likeness (QED) is 0.819. The molecular weight excluding hydrogens is 248 g/mol. The highest BCUT2D eigenvalue weighted by Gasteiger charge is 2.29. The zero-order valence-electron chi connectivity index (χ0n) is 11.5. The van der Waals surface area contributed by atoms with Crippen LogP contribution in [0.4, 0.5) is 11.5 Å². The van der Waals surface area contributed by atoms with Crippen LogP contribution >= 0.6 is 0 Å². The van der Waals surface area contributed by atoms with E-state index in [1.54, 1.807) is 0 Å². The Morgan fingerprint density at radius 1 is 1.20 bits per heavy atom. The van der Waals surface area contributed by atoms with Crippen molar-refractivity contribution in [1.82, 2.24) is 9.97 Å². The van der Waals surface area contributed by atoms with Gasteiger partial charge in [-0.3, -0.25) is 0 Å². The molecule has 4 heteroatoms. The van der Waals surface area contributed by atoms with Crippen molar-refractivity contribution in [3.05, 3.63) is 48.3 Å². The molecule has 3 rings (SSSR count). The first-order valence-corrected chi connectivity index (χ1v) is 6.81. The lowest BCUT2D eigenvalue weighted by Crippen LogP contribution is -2.24. The van der Waals surface area contributed by atoms with Crippen molar-refractivity contribution in [3.63, 3.8) is 0 Å². The predicted octanol–water partition coefficient (Wildman–Crippen LogP) is 2.96. The van der Waals surface area contributed by atoms with E-state index in [-0.39, 0.29) is 5.41 Å². The molecule has 1 unspecified atom stereocenters. The summed E-state index contributed by atoms with van der Waals surface area (Å²) in [6.45, 7) is 2.18. The lowest BCUT2D eigenvalue weighted by molar-refractivity contribution is 0.520. The Morgan fingerprint density at radius 2 is 2.05 bits per heavy atom. The minimum absolute atomic E-state index is 0.0489. The van der Waals surface area contributed by atoms with Crippen LogP contribution in [0.2, 0.25) is 0 Å². The van der Waals surface area contributed by atoms with E-state index < -0.39 is 0 Å². The van der Waals surface area contributed by atoms with Gasteiger partial charge in [-0.2, -0.15) is 0 Å². The Kier molecular flexibility index (Phi) is 2.93. The first-order chi connectivity index (χ1) is 9.66. The molecule has 0 aliphatic heterocycles. The van der Waals surface area contributed by atoms with Gasteiger partial charge in [-0.15, -0.1) is 0 Å². The molecule has 0 amide bonds. The molecule has 4 N–H and O–H groups in total. The summed E-state index contributed by atoms with van der Waals surface area (Å²) in [4.78, 5) is 8.33. The van der Waals surface area contributed by atoms with Crippen LogP contribution in [0, 0.1) is 0 Å². The minimum atomic E-state index is -0.0489. The average Bonchev–Trinajstić information content (AvgIpc) is 2.48. The summed E-state index contributed by atoms with van der Waals surface area (Å²) in [5.74, 6) is 0.470. The van der Waals surface area contributed by atoms with Crippen LogP contribution in [0.3, 0.4) is 0 Å². The van der Waals surface area contributed by atoms with Gasteiger partial charge in [0.15, 0.2) is 0 Å². The van der Waals surface area contributed by atoms with Crippen LogP contribution in [0.15, 0.2) is 42.8 Å². The summed E-state index contributed by atoms with van der Waals surface area (Å²) in [7, 11) is 0. The third-order valence-electron chi connectivity index (χ3n) is 4.15. The smallest absolute Gasteiger partial charge is 0.134 e. The summed E-state index contributed by atoms with van der Waals surface area (Å²) in [6, 6.07) is 3.94. The van der Waals surface area contributed by atoms with Crippen molar-refractivity contribution in [2.45, 2.75) is 25.2 Å². The van der Waals surface area contributed by atoms with E-state index in [0.717, 1.165) is 35.0 Å². The first-order valence-electron chi connectivity index (χ1n) is 6.81. The Labute approximate surface area is 118 Å². The molecule has 0 radical (unpaired) electrons. The topological polar surface area (TPSA) is 77.8 Å². The molecule has 2 aromatic rings. The summed E-state index contributed by atoms with van der Waals surface area (Å²) < 4.78 is 0. The van der Waals surface area contributed by atoms with Gasteiger partial charge in [0.2, 0.25) is 0 Å². The molecule has 0 bridgehead atoms. The largest absolute Gasteiger partial charge is 0.398 e. The van der Waals surface area contributed by atoms with Gasteiger partial charge in [0.1, 0.15) is 12.1 Å². The van der Waals surface area contributed by atoms with Gasteiger partial charge in [0.25, 0.3) is 0 Å². The van der Waals surface area contributed by atoms with Crippen LogP contribution in [-0.2, 0) is 5.41 Å². The van der Waals surface area contributed by atoms with Crippen LogP contribution < -0.4 is 11.5 Å². The Balaban J connectivity index is 2.23. The predicted molar refractivity (Wildman–Crippen MR) is 83.2 cm³/mol. The molecule has 1 aliphatic rings. The molecule has 102 valence electrons. The summed E-state index contributed by atoms with van der Waals surface area (Å²) >= 11 is 0. The van der Waals surface area contributed by atoms with Gasteiger partial charge in [-0.25, -0.2) is 9.97 Å². The molecule has 0 spiro atoms. The number of nitrogens with two attached hydrogens (primary N) is 2. The normalized spacial score (nSPS) is 21.4. The lowest BCUT2D eigenvalue weighted by Gasteiger charge is -2.32. The van der Waals surface area contributed by atoms with Gasteiger partial charge in [-0.1, -0.05) is 31.2 Å². The van der Waals surface area contributed by atoms with Gasteiger partial charge in [-0.05, 0) is 30.5 Å². The second-order valence-corrected chi connectivity index (χ2v) is 5.22. The van der Waals surface area contributed by atoms with E-state index in [0.29, 0.717) is 5.82 Å². The zero-order valence-corrected chi connectivity index (χ0v) is 11.5. The van der Waals surface area contributed by atoms with Gasteiger partial charge >= 0.3 is 0 Å². The van der Waals surface area contributed by atoms with Crippen molar-refractivity contribution >= 4 is 22.4 Å². The third kappa shape index (κ3) is 1.84. The van der Waals surface area contributed by atoms with Crippen molar-refractivity contribution in [2.75, 3.05) is 11.5 Å². The van der Waals surface area contributed by atoms with Gasteiger partial charge in [0.05, 0.1) is 5.52 Å². The first kappa shape index (κ1) is 12.7. The molecule has 1 aromatic heterocycles. The zero-order chi connectivity index (χ0) is 14.2. The van der Waals surface area contributed by atoms with Crippen LogP contribution in [0.5, 0.6) is 0 Å². The highest BCUT2D eigenvalue weighted by molar-refractivity contribution is 5.91. The highest BCUT2D eigenvalue weighted by atomic mass is 14.9. The number of benzene rings is 1. The number of nitrogen functional groups attached to an aromatic ring is 2. The SMILES string of the molecule is CCC1(c2cc3ncnc(N)c3cc2N)C=CC=CC1. The third-order valence-corrected chi connectivity index (χ3v) is 4.15. The molecule has 0 saturated carbocycles. The fourth-order valence-corrected chi connectivity index (χ4v) is 2.89. The monoisotopic (exact) mass is 266 g/mol. The van der Waals surface area contributed by atoms with Crippen molar-refractivity contribution < 1.29 is 0 Å². The molecule has 1 aliphatic carbocycles. The summed E-state index contributed by atoms with van der Waals surface area (Å²) in [5, 5.41) is 0.815. The number of anilines is 2. The Bertz CT molecular complexity index is 718. The molecule has 1 atom stereocenters. The van der Waals surface area contributed by atoms with Crippen molar-refractivity contribution in [3.8, 4) is 0 Å². The van der Waals surface area contributed by atoms with E-state index >= 15 is 0 Å². The average molecular weight is 266 g/mol. The molecular formula is C16H18N4. The maximum atomic E-state index is 6.28. The minimum Gasteiger partial charge on any atom is -0.398 e.